The van der Waals surface area contributed by atoms with Gasteiger partial charge in [-0.15, -0.1) is 0 Å². The SMILES string of the molecule is CNCC(O)c1ccc(Oc2cc(C)ccc2C)cc1. The lowest BCUT2D eigenvalue weighted by atomic mass is 10.1. The molecule has 0 aromatic heterocycles. The summed E-state index contributed by atoms with van der Waals surface area (Å²) < 4.78 is 5.89. The number of nitrogens with one attached hydrogen (secondary N) is 1. The first-order valence-electron chi connectivity index (χ1n) is 6.78. The summed E-state index contributed by atoms with van der Waals surface area (Å²) in [7, 11) is 1.82. The lowest BCUT2D eigenvalue weighted by Gasteiger charge is -2.12. The fourth-order valence-corrected chi connectivity index (χ4v) is 2.01. The Hall–Kier alpha value is -1.84. The van der Waals surface area contributed by atoms with Gasteiger partial charge in [-0.3, -0.25) is 0 Å². The third-order valence-corrected chi connectivity index (χ3v) is 3.23. The minimum absolute atomic E-state index is 0.491. The lowest BCUT2D eigenvalue weighted by Crippen LogP contribution is -2.16. The van der Waals surface area contributed by atoms with E-state index >= 15 is 0 Å². The third-order valence-electron chi connectivity index (χ3n) is 3.23. The third kappa shape index (κ3) is 3.59. The van der Waals surface area contributed by atoms with E-state index in [0.29, 0.717) is 6.54 Å². The van der Waals surface area contributed by atoms with Crippen molar-refractivity contribution in [1.29, 1.82) is 0 Å². The first-order chi connectivity index (χ1) is 9.60. The molecule has 106 valence electrons. The molecule has 20 heavy (non-hydrogen) atoms. The van der Waals surface area contributed by atoms with Crippen LogP contribution in [0.2, 0.25) is 0 Å². The standard InChI is InChI=1S/C17H21NO2/c1-12-4-5-13(2)17(10-12)20-15-8-6-14(7-9-15)16(19)11-18-3/h4-10,16,18-19H,11H2,1-3H3. The van der Waals surface area contributed by atoms with Crippen molar-refractivity contribution in [2.45, 2.75) is 20.0 Å². The number of ether oxygens (including phenoxy) is 1. The Bertz CT molecular complexity index is 564. The molecule has 2 rings (SSSR count). The molecule has 1 atom stereocenters. The van der Waals surface area contributed by atoms with E-state index in [-0.39, 0.29) is 0 Å². The van der Waals surface area contributed by atoms with Crippen molar-refractivity contribution < 1.29 is 9.84 Å². The highest BCUT2D eigenvalue weighted by Crippen LogP contribution is 2.27. The molecule has 0 saturated heterocycles. The van der Waals surface area contributed by atoms with Crippen molar-refractivity contribution in [2.75, 3.05) is 13.6 Å². The summed E-state index contributed by atoms with van der Waals surface area (Å²) in [6.07, 6.45) is -0.491. The Labute approximate surface area is 120 Å². The summed E-state index contributed by atoms with van der Waals surface area (Å²) in [6.45, 7) is 4.61. The van der Waals surface area contributed by atoms with Crippen molar-refractivity contribution >= 4 is 0 Å². The molecule has 0 aliphatic carbocycles. The van der Waals surface area contributed by atoms with Gasteiger partial charge in [0.2, 0.25) is 0 Å². The number of benzene rings is 2. The van der Waals surface area contributed by atoms with Gasteiger partial charge in [0.05, 0.1) is 6.10 Å². The van der Waals surface area contributed by atoms with Gasteiger partial charge in [0.1, 0.15) is 11.5 Å². The zero-order valence-corrected chi connectivity index (χ0v) is 12.2. The molecular formula is C17H21NO2. The fraction of sp³-hybridized carbons (Fsp3) is 0.294. The van der Waals surface area contributed by atoms with Gasteiger partial charge in [0, 0.05) is 6.54 Å². The van der Waals surface area contributed by atoms with Crippen LogP contribution in [0.3, 0.4) is 0 Å². The van der Waals surface area contributed by atoms with Crippen LogP contribution in [0.25, 0.3) is 0 Å². The maximum absolute atomic E-state index is 9.88. The Kier molecular flexibility index (Phi) is 4.77. The van der Waals surface area contributed by atoms with Crippen LogP contribution in [0.1, 0.15) is 22.8 Å². The zero-order chi connectivity index (χ0) is 14.5. The summed E-state index contributed by atoms with van der Waals surface area (Å²) in [5, 5.41) is 12.8. The van der Waals surface area contributed by atoms with Gasteiger partial charge in [-0.2, -0.15) is 0 Å². The van der Waals surface area contributed by atoms with Gasteiger partial charge in [-0.25, -0.2) is 0 Å². The van der Waals surface area contributed by atoms with Crippen LogP contribution in [0.4, 0.5) is 0 Å². The second-order valence-electron chi connectivity index (χ2n) is 5.01. The van der Waals surface area contributed by atoms with E-state index in [0.717, 1.165) is 22.6 Å². The van der Waals surface area contributed by atoms with Gasteiger partial charge in [-0.05, 0) is 55.8 Å². The summed E-state index contributed by atoms with van der Waals surface area (Å²) in [5.74, 6) is 1.65. The smallest absolute Gasteiger partial charge is 0.130 e. The number of hydrogen-bond donors (Lipinski definition) is 2. The molecular weight excluding hydrogens is 250 g/mol. The topological polar surface area (TPSA) is 41.5 Å². The van der Waals surface area contributed by atoms with Gasteiger partial charge in [-0.1, -0.05) is 24.3 Å². The first-order valence-corrected chi connectivity index (χ1v) is 6.78. The molecule has 3 heteroatoms. The maximum Gasteiger partial charge on any atom is 0.130 e. The van der Waals surface area contributed by atoms with Crippen LogP contribution in [-0.4, -0.2) is 18.7 Å². The molecule has 0 amide bonds. The average molecular weight is 271 g/mol. The Balaban J connectivity index is 2.12. The molecule has 0 radical (unpaired) electrons. The molecule has 0 saturated carbocycles. The Morgan fingerprint density at radius 3 is 2.45 bits per heavy atom. The van der Waals surface area contributed by atoms with Crippen molar-refractivity contribution in [3.8, 4) is 11.5 Å². The van der Waals surface area contributed by atoms with E-state index in [1.165, 1.54) is 5.56 Å². The van der Waals surface area contributed by atoms with Crippen LogP contribution >= 0.6 is 0 Å². The molecule has 1 unspecified atom stereocenters. The van der Waals surface area contributed by atoms with Crippen LogP contribution in [-0.2, 0) is 0 Å². The number of aryl methyl sites for hydroxylation is 2. The highest BCUT2D eigenvalue weighted by atomic mass is 16.5. The molecule has 0 aliphatic rings. The monoisotopic (exact) mass is 271 g/mol. The van der Waals surface area contributed by atoms with Crippen molar-refractivity contribution in [2.24, 2.45) is 0 Å². The van der Waals surface area contributed by atoms with Crippen LogP contribution < -0.4 is 10.1 Å². The van der Waals surface area contributed by atoms with Crippen molar-refractivity contribution in [3.05, 3.63) is 59.2 Å². The predicted molar refractivity (Wildman–Crippen MR) is 81.3 cm³/mol. The number of aliphatic hydroxyl groups is 1. The Morgan fingerprint density at radius 2 is 1.80 bits per heavy atom. The zero-order valence-electron chi connectivity index (χ0n) is 12.2. The van der Waals surface area contributed by atoms with Gasteiger partial charge < -0.3 is 15.2 Å². The maximum atomic E-state index is 9.88. The largest absolute Gasteiger partial charge is 0.457 e. The van der Waals surface area contributed by atoms with Gasteiger partial charge in [0.25, 0.3) is 0 Å². The normalized spacial score (nSPS) is 12.2. The summed E-state index contributed by atoms with van der Waals surface area (Å²) in [6, 6.07) is 13.7. The highest BCUT2D eigenvalue weighted by Gasteiger charge is 2.07. The Morgan fingerprint density at radius 1 is 1.10 bits per heavy atom. The van der Waals surface area contributed by atoms with E-state index in [9.17, 15) is 5.11 Å². The minimum Gasteiger partial charge on any atom is -0.457 e. The number of rotatable bonds is 5. The lowest BCUT2D eigenvalue weighted by molar-refractivity contribution is 0.177. The molecule has 0 fully saturated rings. The highest BCUT2D eigenvalue weighted by molar-refractivity contribution is 5.40. The van der Waals surface area contributed by atoms with Crippen LogP contribution in [0.5, 0.6) is 11.5 Å². The van der Waals surface area contributed by atoms with Crippen molar-refractivity contribution in [3.63, 3.8) is 0 Å². The second kappa shape index (κ2) is 6.55. The minimum atomic E-state index is -0.491. The van der Waals surface area contributed by atoms with E-state index in [1.54, 1.807) is 0 Å². The van der Waals surface area contributed by atoms with Crippen molar-refractivity contribution in [1.82, 2.24) is 5.32 Å². The van der Waals surface area contributed by atoms with Gasteiger partial charge >= 0.3 is 0 Å². The first kappa shape index (κ1) is 14.6. The second-order valence-corrected chi connectivity index (χ2v) is 5.01. The van der Waals surface area contributed by atoms with E-state index in [1.807, 2.05) is 51.2 Å². The molecule has 2 aromatic rings. The van der Waals surface area contributed by atoms with Crippen LogP contribution in [0, 0.1) is 13.8 Å². The van der Waals surface area contributed by atoms with Gasteiger partial charge in [0.15, 0.2) is 0 Å². The molecule has 2 N–H and O–H groups in total. The summed E-state index contributed by atoms with van der Waals surface area (Å²) in [4.78, 5) is 0. The van der Waals surface area contributed by atoms with Crippen LogP contribution in [0.15, 0.2) is 42.5 Å². The fourth-order valence-electron chi connectivity index (χ4n) is 2.01. The summed E-state index contributed by atoms with van der Waals surface area (Å²) >= 11 is 0. The van der Waals surface area contributed by atoms with E-state index < -0.39 is 6.10 Å². The molecule has 3 nitrogen and oxygen atoms in total. The molecule has 0 spiro atoms. The molecule has 0 bridgehead atoms. The molecule has 0 heterocycles. The average Bonchev–Trinajstić information content (AvgIpc) is 2.44. The number of hydrogen-bond acceptors (Lipinski definition) is 3. The summed E-state index contributed by atoms with van der Waals surface area (Å²) in [5.41, 5.74) is 3.16. The number of likely N-dealkylation sites (N-methyl/N-ethyl adjacent to an activating group) is 1. The molecule has 2 aromatic carbocycles. The van der Waals surface area contributed by atoms with E-state index in [4.69, 9.17) is 4.74 Å². The molecule has 0 aliphatic heterocycles. The van der Waals surface area contributed by atoms with E-state index in [2.05, 4.69) is 17.4 Å². The number of aliphatic hydroxyl groups excluding tert-OH is 1. The predicted octanol–water partition coefficient (Wildman–Crippen LogP) is 3.35. The quantitative estimate of drug-likeness (QED) is 0.876.